The molecule has 0 spiro atoms. The van der Waals surface area contributed by atoms with Crippen molar-refractivity contribution in [2.75, 3.05) is 20.8 Å². The molecule has 0 radical (unpaired) electrons. The van der Waals surface area contributed by atoms with Crippen molar-refractivity contribution in [2.45, 2.75) is 39.2 Å². The van der Waals surface area contributed by atoms with Crippen molar-refractivity contribution in [3.8, 4) is 28.6 Å². The zero-order valence-corrected chi connectivity index (χ0v) is 19.9. The molecule has 0 fully saturated rings. The average molecular weight is 445 g/mol. The molecule has 0 unspecified atom stereocenters. The molecule has 5 nitrogen and oxygen atoms in total. The van der Waals surface area contributed by atoms with Gasteiger partial charge in [0, 0.05) is 12.1 Å². The summed E-state index contributed by atoms with van der Waals surface area (Å²) in [7, 11) is 3.30. The summed E-state index contributed by atoms with van der Waals surface area (Å²) < 4.78 is 19.3. The number of aromatic nitrogens is 2. The topological polar surface area (TPSA) is 45.5 Å². The van der Waals surface area contributed by atoms with Crippen LogP contribution in [0.5, 0.6) is 17.2 Å². The monoisotopic (exact) mass is 444 g/mol. The highest BCUT2D eigenvalue weighted by Gasteiger charge is 2.15. The summed E-state index contributed by atoms with van der Waals surface area (Å²) in [4.78, 5) is 4.93. The summed E-state index contributed by atoms with van der Waals surface area (Å²) in [5.41, 5.74) is 4.39. The number of nitrogens with zero attached hydrogens (tertiary/aromatic N) is 2. The minimum Gasteiger partial charge on any atom is -0.493 e. The first-order valence-corrected chi connectivity index (χ1v) is 11.5. The van der Waals surface area contributed by atoms with E-state index in [0.717, 1.165) is 47.6 Å². The van der Waals surface area contributed by atoms with Gasteiger partial charge in [-0.25, -0.2) is 4.98 Å². The maximum Gasteiger partial charge on any atom is 0.161 e. The molecule has 0 saturated heterocycles. The van der Waals surface area contributed by atoms with Gasteiger partial charge in [0.05, 0.1) is 31.9 Å². The van der Waals surface area contributed by atoms with E-state index in [9.17, 15) is 0 Å². The fourth-order valence-electron chi connectivity index (χ4n) is 4.14. The molecule has 0 N–H and O–H groups in total. The third-order valence-corrected chi connectivity index (χ3v) is 5.87. The molecule has 3 aromatic carbocycles. The van der Waals surface area contributed by atoms with Gasteiger partial charge in [0.25, 0.3) is 0 Å². The highest BCUT2D eigenvalue weighted by atomic mass is 16.5. The average Bonchev–Trinajstić information content (AvgIpc) is 3.22. The quantitative estimate of drug-likeness (QED) is 0.255. The van der Waals surface area contributed by atoms with Crippen LogP contribution in [0.1, 0.15) is 38.2 Å². The molecular formula is C28H32N2O3. The second-order valence-corrected chi connectivity index (χ2v) is 8.39. The maximum absolute atomic E-state index is 6.12. The van der Waals surface area contributed by atoms with Gasteiger partial charge in [-0.3, -0.25) is 0 Å². The number of imidazole rings is 1. The SMILES string of the molecule is COc1ccc(-c2nc3ccccc3n2CCCCOc2ccccc2C(C)C)cc1OC. The van der Waals surface area contributed by atoms with Gasteiger partial charge in [-0.1, -0.05) is 44.2 Å². The summed E-state index contributed by atoms with van der Waals surface area (Å²) in [6.07, 6.45) is 1.95. The molecule has 33 heavy (non-hydrogen) atoms. The van der Waals surface area contributed by atoms with Crippen LogP contribution in [0.25, 0.3) is 22.4 Å². The third kappa shape index (κ3) is 4.98. The summed E-state index contributed by atoms with van der Waals surface area (Å²) >= 11 is 0. The number of unbranched alkanes of at least 4 members (excludes halogenated alkanes) is 1. The Hall–Kier alpha value is -3.47. The van der Waals surface area contributed by atoms with Crippen LogP contribution in [0.15, 0.2) is 66.7 Å². The number of methoxy groups -OCH3 is 2. The van der Waals surface area contributed by atoms with Crippen LogP contribution < -0.4 is 14.2 Å². The zero-order chi connectivity index (χ0) is 23.2. The number of para-hydroxylation sites is 3. The van der Waals surface area contributed by atoms with Gasteiger partial charge in [0.15, 0.2) is 11.5 Å². The van der Waals surface area contributed by atoms with Crippen molar-refractivity contribution >= 4 is 11.0 Å². The van der Waals surface area contributed by atoms with Gasteiger partial charge >= 0.3 is 0 Å². The van der Waals surface area contributed by atoms with E-state index in [0.29, 0.717) is 24.0 Å². The smallest absolute Gasteiger partial charge is 0.161 e. The molecule has 4 rings (SSSR count). The number of hydrogen-bond donors (Lipinski definition) is 0. The molecular weight excluding hydrogens is 412 g/mol. The molecule has 0 aliphatic heterocycles. The third-order valence-electron chi connectivity index (χ3n) is 5.87. The Balaban J connectivity index is 1.50. The Morgan fingerprint density at radius 3 is 2.36 bits per heavy atom. The van der Waals surface area contributed by atoms with Crippen molar-refractivity contribution in [1.82, 2.24) is 9.55 Å². The molecule has 0 atom stereocenters. The lowest BCUT2D eigenvalue weighted by atomic mass is 10.0. The summed E-state index contributed by atoms with van der Waals surface area (Å²) in [6.45, 7) is 5.95. The van der Waals surface area contributed by atoms with Crippen LogP contribution in [-0.2, 0) is 6.54 Å². The number of ether oxygens (including phenoxy) is 3. The number of aryl methyl sites for hydroxylation is 1. The van der Waals surface area contributed by atoms with Gasteiger partial charge in [0.2, 0.25) is 0 Å². The van der Waals surface area contributed by atoms with Gasteiger partial charge in [-0.05, 0) is 60.7 Å². The Labute approximate surface area is 195 Å². The van der Waals surface area contributed by atoms with E-state index < -0.39 is 0 Å². The van der Waals surface area contributed by atoms with Gasteiger partial charge < -0.3 is 18.8 Å². The first-order valence-electron chi connectivity index (χ1n) is 11.5. The van der Waals surface area contributed by atoms with Crippen molar-refractivity contribution < 1.29 is 14.2 Å². The first kappa shape index (κ1) is 22.7. The summed E-state index contributed by atoms with van der Waals surface area (Å²) in [5, 5.41) is 0. The van der Waals surface area contributed by atoms with Crippen molar-refractivity contribution in [3.63, 3.8) is 0 Å². The maximum atomic E-state index is 6.12. The largest absolute Gasteiger partial charge is 0.493 e. The van der Waals surface area contributed by atoms with E-state index >= 15 is 0 Å². The standard InChI is InChI=1S/C28H32N2O3/c1-20(2)22-11-5-8-14-25(22)33-18-10-9-17-30-24-13-7-6-12-23(24)29-28(30)21-15-16-26(31-3)27(19-21)32-4/h5-8,11-16,19-20H,9-10,17-18H2,1-4H3. The van der Waals surface area contributed by atoms with E-state index in [1.807, 2.05) is 30.3 Å². The Morgan fingerprint density at radius 1 is 0.818 bits per heavy atom. The number of rotatable bonds is 10. The van der Waals surface area contributed by atoms with E-state index in [4.69, 9.17) is 19.2 Å². The van der Waals surface area contributed by atoms with E-state index in [-0.39, 0.29) is 0 Å². The van der Waals surface area contributed by atoms with Crippen LogP contribution in [0.2, 0.25) is 0 Å². The van der Waals surface area contributed by atoms with Crippen molar-refractivity contribution in [1.29, 1.82) is 0 Å². The van der Waals surface area contributed by atoms with E-state index in [1.54, 1.807) is 14.2 Å². The molecule has 0 amide bonds. The van der Waals surface area contributed by atoms with E-state index in [1.165, 1.54) is 5.56 Å². The molecule has 1 heterocycles. The second-order valence-electron chi connectivity index (χ2n) is 8.39. The van der Waals surface area contributed by atoms with Crippen LogP contribution in [0.4, 0.5) is 0 Å². The van der Waals surface area contributed by atoms with Crippen LogP contribution in [0.3, 0.4) is 0 Å². The minimum absolute atomic E-state index is 0.447. The molecule has 4 aromatic rings. The van der Waals surface area contributed by atoms with Gasteiger partial charge in [-0.2, -0.15) is 0 Å². The van der Waals surface area contributed by atoms with Gasteiger partial charge in [0.1, 0.15) is 11.6 Å². The minimum atomic E-state index is 0.447. The Kier molecular flexibility index (Phi) is 7.18. The number of benzene rings is 3. The van der Waals surface area contributed by atoms with Crippen LogP contribution >= 0.6 is 0 Å². The second kappa shape index (κ2) is 10.4. The summed E-state index contributed by atoms with van der Waals surface area (Å²) in [6, 6.07) is 22.5. The normalized spacial score (nSPS) is 11.2. The molecule has 1 aromatic heterocycles. The molecule has 172 valence electrons. The molecule has 0 aliphatic rings. The van der Waals surface area contributed by atoms with Crippen molar-refractivity contribution in [2.24, 2.45) is 0 Å². The lowest BCUT2D eigenvalue weighted by Crippen LogP contribution is -2.05. The fourth-order valence-corrected chi connectivity index (χ4v) is 4.14. The lowest BCUT2D eigenvalue weighted by molar-refractivity contribution is 0.299. The fraction of sp³-hybridized carbons (Fsp3) is 0.321. The predicted octanol–water partition coefficient (Wildman–Crippen LogP) is 6.70. The van der Waals surface area contributed by atoms with E-state index in [2.05, 4.69) is 54.8 Å². The Morgan fingerprint density at radius 2 is 1.58 bits per heavy atom. The lowest BCUT2D eigenvalue weighted by Gasteiger charge is -2.14. The van der Waals surface area contributed by atoms with Gasteiger partial charge in [-0.15, -0.1) is 0 Å². The molecule has 5 heteroatoms. The Bertz CT molecular complexity index is 1210. The number of hydrogen-bond acceptors (Lipinski definition) is 4. The zero-order valence-electron chi connectivity index (χ0n) is 19.9. The first-order chi connectivity index (χ1) is 16.1. The van der Waals surface area contributed by atoms with Crippen molar-refractivity contribution in [3.05, 3.63) is 72.3 Å². The molecule has 0 bridgehead atoms. The molecule has 0 aliphatic carbocycles. The van der Waals surface area contributed by atoms with Crippen LogP contribution in [-0.4, -0.2) is 30.4 Å². The predicted molar refractivity (Wildman–Crippen MR) is 134 cm³/mol. The highest BCUT2D eigenvalue weighted by molar-refractivity contribution is 5.81. The van der Waals surface area contributed by atoms with Crippen LogP contribution in [0, 0.1) is 0 Å². The summed E-state index contributed by atoms with van der Waals surface area (Å²) in [5.74, 6) is 3.78. The molecule has 0 saturated carbocycles. The highest BCUT2D eigenvalue weighted by Crippen LogP contribution is 2.33. The number of fused-ring (bicyclic) bond motifs is 1.